The molecule has 0 spiro atoms. The number of amidine groups is 1. The highest BCUT2D eigenvalue weighted by Gasteiger charge is 2.19. The average Bonchev–Trinajstić information content (AvgIpc) is 2.85. The van der Waals surface area contributed by atoms with Crippen molar-refractivity contribution in [2.75, 3.05) is 13.1 Å². The molecule has 0 fully saturated rings. The summed E-state index contributed by atoms with van der Waals surface area (Å²) in [6.07, 6.45) is 13.0. The molecule has 0 aliphatic carbocycles. The SMILES string of the molecule is C=CCCCCCCCCCC1=NCCN1C(C)O. The summed E-state index contributed by atoms with van der Waals surface area (Å²) in [5.41, 5.74) is 0. The molecular weight excluding hydrogens is 236 g/mol. The Kier molecular flexibility index (Phi) is 8.55. The van der Waals surface area contributed by atoms with Crippen LogP contribution in [0.15, 0.2) is 17.6 Å². The number of hydrogen-bond donors (Lipinski definition) is 1. The van der Waals surface area contributed by atoms with Gasteiger partial charge in [-0.1, -0.05) is 38.2 Å². The van der Waals surface area contributed by atoms with Crippen LogP contribution in [-0.2, 0) is 0 Å². The molecule has 1 N–H and O–H groups in total. The predicted molar refractivity (Wildman–Crippen MR) is 82.4 cm³/mol. The molecule has 0 saturated carbocycles. The van der Waals surface area contributed by atoms with Crippen LogP contribution in [0.25, 0.3) is 0 Å². The van der Waals surface area contributed by atoms with Gasteiger partial charge in [-0.15, -0.1) is 6.58 Å². The van der Waals surface area contributed by atoms with E-state index in [2.05, 4.69) is 11.6 Å². The zero-order valence-electron chi connectivity index (χ0n) is 12.5. The Morgan fingerprint density at radius 3 is 2.47 bits per heavy atom. The molecule has 1 atom stereocenters. The molecule has 1 aliphatic rings. The molecular formula is C16H30N2O. The van der Waals surface area contributed by atoms with E-state index < -0.39 is 0 Å². The second-order valence-corrected chi connectivity index (χ2v) is 5.43. The summed E-state index contributed by atoms with van der Waals surface area (Å²) in [6, 6.07) is 0. The smallest absolute Gasteiger partial charge is 0.125 e. The fraction of sp³-hybridized carbons (Fsp3) is 0.812. The Morgan fingerprint density at radius 2 is 1.84 bits per heavy atom. The molecule has 3 nitrogen and oxygen atoms in total. The van der Waals surface area contributed by atoms with Crippen molar-refractivity contribution in [2.45, 2.75) is 70.9 Å². The quantitative estimate of drug-likeness (QED) is 0.457. The Hall–Kier alpha value is -0.830. The predicted octanol–water partition coefficient (Wildman–Crippen LogP) is 3.74. The van der Waals surface area contributed by atoms with Gasteiger partial charge in [0, 0.05) is 13.0 Å². The third kappa shape index (κ3) is 6.76. The van der Waals surface area contributed by atoms with E-state index in [9.17, 15) is 5.11 Å². The molecule has 1 aliphatic heterocycles. The maximum Gasteiger partial charge on any atom is 0.125 e. The molecule has 0 amide bonds. The minimum Gasteiger partial charge on any atom is -0.374 e. The van der Waals surface area contributed by atoms with Crippen LogP contribution in [0.3, 0.4) is 0 Å². The lowest BCUT2D eigenvalue weighted by Gasteiger charge is -2.23. The van der Waals surface area contributed by atoms with E-state index in [1.807, 2.05) is 17.9 Å². The molecule has 1 rings (SSSR count). The van der Waals surface area contributed by atoms with E-state index in [1.165, 1.54) is 44.9 Å². The van der Waals surface area contributed by atoms with Crippen LogP contribution in [0, 0.1) is 0 Å². The first-order valence-electron chi connectivity index (χ1n) is 7.84. The number of unbranched alkanes of at least 4 members (excludes halogenated alkanes) is 7. The lowest BCUT2D eigenvalue weighted by atomic mass is 10.1. The Morgan fingerprint density at radius 1 is 1.21 bits per heavy atom. The van der Waals surface area contributed by atoms with Gasteiger partial charge in [0.15, 0.2) is 0 Å². The van der Waals surface area contributed by atoms with Crippen LogP contribution in [0.2, 0.25) is 0 Å². The molecule has 19 heavy (non-hydrogen) atoms. The van der Waals surface area contributed by atoms with Crippen molar-refractivity contribution in [3.05, 3.63) is 12.7 Å². The van der Waals surface area contributed by atoms with Gasteiger partial charge in [0.2, 0.25) is 0 Å². The van der Waals surface area contributed by atoms with Crippen LogP contribution in [0.4, 0.5) is 0 Å². The van der Waals surface area contributed by atoms with Crippen molar-refractivity contribution in [1.82, 2.24) is 4.90 Å². The average molecular weight is 266 g/mol. The van der Waals surface area contributed by atoms with Crippen molar-refractivity contribution < 1.29 is 5.11 Å². The van der Waals surface area contributed by atoms with Crippen molar-refractivity contribution in [3.8, 4) is 0 Å². The van der Waals surface area contributed by atoms with E-state index >= 15 is 0 Å². The standard InChI is InChI=1S/C16H30N2O/c1-3-4-5-6-7-8-9-10-11-12-16-17-13-14-18(16)15(2)19/h3,15,19H,1,4-14H2,2H3. The third-order valence-electron chi connectivity index (χ3n) is 3.73. The Labute approximate surface area is 118 Å². The molecule has 0 saturated heterocycles. The molecule has 0 aromatic heterocycles. The van der Waals surface area contributed by atoms with Crippen molar-refractivity contribution in [3.63, 3.8) is 0 Å². The van der Waals surface area contributed by atoms with Crippen LogP contribution in [0.5, 0.6) is 0 Å². The lowest BCUT2D eigenvalue weighted by molar-refractivity contribution is 0.0766. The number of allylic oxidation sites excluding steroid dienone is 1. The molecule has 0 aromatic rings. The molecule has 1 unspecified atom stereocenters. The van der Waals surface area contributed by atoms with Gasteiger partial charge in [0.1, 0.15) is 12.1 Å². The minimum atomic E-state index is -0.383. The fourth-order valence-corrected chi connectivity index (χ4v) is 2.59. The Bertz CT molecular complexity index is 274. The highest BCUT2D eigenvalue weighted by molar-refractivity contribution is 5.83. The first-order valence-corrected chi connectivity index (χ1v) is 7.84. The van der Waals surface area contributed by atoms with Gasteiger partial charge in [0.05, 0.1) is 6.54 Å². The van der Waals surface area contributed by atoms with Gasteiger partial charge in [-0.2, -0.15) is 0 Å². The zero-order valence-corrected chi connectivity index (χ0v) is 12.5. The number of aliphatic imine (C=N–C) groups is 1. The number of aliphatic hydroxyl groups excluding tert-OH is 1. The summed E-state index contributed by atoms with van der Waals surface area (Å²) in [5.74, 6) is 1.11. The van der Waals surface area contributed by atoms with Gasteiger partial charge in [-0.05, 0) is 26.2 Å². The molecule has 3 heteroatoms. The monoisotopic (exact) mass is 266 g/mol. The fourth-order valence-electron chi connectivity index (χ4n) is 2.59. The lowest BCUT2D eigenvalue weighted by Crippen LogP contribution is -2.35. The summed E-state index contributed by atoms with van der Waals surface area (Å²) in [6.45, 7) is 7.30. The second-order valence-electron chi connectivity index (χ2n) is 5.43. The summed E-state index contributed by atoms with van der Waals surface area (Å²) in [4.78, 5) is 6.50. The molecule has 0 bridgehead atoms. The maximum absolute atomic E-state index is 9.60. The van der Waals surface area contributed by atoms with Gasteiger partial charge in [-0.3, -0.25) is 4.99 Å². The first-order chi connectivity index (χ1) is 9.25. The van der Waals surface area contributed by atoms with Gasteiger partial charge >= 0.3 is 0 Å². The van der Waals surface area contributed by atoms with E-state index in [0.29, 0.717) is 0 Å². The zero-order chi connectivity index (χ0) is 13.9. The normalized spacial score (nSPS) is 16.5. The largest absolute Gasteiger partial charge is 0.374 e. The number of nitrogens with zero attached hydrogens (tertiary/aromatic N) is 2. The molecule has 0 radical (unpaired) electrons. The maximum atomic E-state index is 9.60. The van der Waals surface area contributed by atoms with Crippen molar-refractivity contribution in [1.29, 1.82) is 0 Å². The van der Waals surface area contributed by atoms with Gasteiger partial charge in [-0.25, -0.2) is 0 Å². The van der Waals surface area contributed by atoms with E-state index in [0.717, 1.165) is 31.8 Å². The minimum absolute atomic E-state index is 0.383. The summed E-state index contributed by atoms with van der Waals surface area (Å²) in [7, 11) is 0. The number of rotatable bonds is 11. The second kappa shape index (κ2) is 10.0. The number of aliphatic hydroxyl groups is 1. The first kappa shape index (κ1) is 16.2. The highest BCUT2D eigenvalue weighted by Crippen LogP contribution is 2.14. The summed E-state index contributed by atoms with van der Waals surface area (Å²) in [5, 5.41) is 9.60. The van der Waals surface area contributed by atoms with Crippen LogP contribution >= 0.6 is 0 Å². The van der Waals surface area contributed by atoms with Gasteiger partial charge < -0.3 is 10.0 Å². The third-order valence-corrected chi connectivity index (χ3v) is 3.73. The van der Waals surface area contributed by atoms with E-state index in [4.69, 9.17) is 0 Å². The topological polar surface area (TPSA) is 35.8 Å². The molecule has 0 aromatic carbocycles. The summed E-state index contributed by atoms with van der Waals surface area (Å²) >= 11 is 0. The molecule has 1 heterocycles. The van der Waals surface area contributed by atoms with Gasteiger partial charge in [0.25, 0.3) is 0 Å². The van der Waals surface area contributed by atoms with Crippen LogP contribution in [0.1, 0.15) is 64.7 Å². The van der Waals surface area contributed by atoms with Crippen LogP contribution < -0.4 is 0 Å². The Balaban J connectivity index is 1.95. The van der Waals surface area contributed by atoms with E-state index in [1.54, 1.807) is 0 Å². The van der Waals surface area contributed by atoms with Crippen LogP contribution in [-0.4, -0.2) is 35.2 Å². The summed E-state index contributed by atoms with van der Waals surface area (Å²) < 4.78 is 0. The van der Waals surface area contributed by atoms with E-state index in [-0.39, 0.29) is 6.23 Å². The molecule has 110 valence electrons. The van der Waals surface area contributed by atoms with Crippen molar-refractivity contribution in [2.24, 2.45) is 4.99 Å². The number of hydrogen-bond acceptors (Lipinski definition) is 3. The van der Waals surface area contributed by atoms with Crippen molar-refractivity contribution >= 4 is 5.84 Å². The highest BCUT2D eigenvalue weighted by atomic mass is 16.3.